The van der Waals surface area contributed by atoms with E-state index in [2.05, 4.69) is 5.32 Å². The van der Waals surface area contributed by atoms with E-state index in [9.17, 15) is 9.59 Å². The van der Waals surface area contributed by atoms with Crippen LogP contribution >= 0.6 is 0 Å². The maximum absolute atomic E-state index is 13.3. The molecule has 0 aliphatic heterocycles. The van der Waals surface area contributed by atoms with E-state index >= 15 is 0 Å². The topological polar surface area (TPSA) is 67.9 Å². The number of nitrogens with one attached hydrogen (secondary N) is 1. The first-order valence-electron chi connectivity index (χ1n) is 11.7. The van der Waals surface area contributed by atoms with Crippen LogP contribution in [0.5, 0.6) is 11.5 Å². The Morgan fingerprint density at radius 3 is 2.18 bits per heavy atom. The quantitative estimate of drug-likeness (QED) is 0.532. The molecule has 6 heteroatoms. The predicted molar refractivity (Wildman–Crippen MR) is 131 cm³/mol. The Bertz CT molecular complexity index is 906. The number of amides is 2. The minimum atomic E-state index is -0.587. The van der Waals surface area contributed by atoms with Crippen LogP contribution in [-0.4, -0.2) is 41.5 Å². The van der Waals surface area contributed by atoms with Crippen LogP contribution in [0.1, 0.15) is 59.1 Å². The molecule has 2 aromatic carbocycles. The van der Waals surface area contributed by atoms with Crippen LogP contribution in [0.2, 0.25) is 0 Å². The van der Waals surface area contributed by atoms with Crippen LogP contribution in [0.25, 0.3) is 0 Å². The van der Waals surface area contributed by atoms with Crippen LogP contribution < -0.4 is 14.8 Å². The summed E-state index contributed by atoms with van der Waals surface area (Å²) >= 11 is 0. The second-order valence-electron chi connectivity index (χ2n) is 9.07. The molecule has 0 spiro atoms. The number of benzene rings is 2. The molecule has 2 aromatic rings. The highest BCUT2D eigenvalue weighted by Gasteiger charge is 2.28. The molecule has 1 N–H and O–H groups in total. The molecular weight excluding hydrogens is 416 g/mol. The molecule has 0 saturated heterocycles. The van der Waals surface area contributed by atoms with Crippen LogP contribution in [0, 0.1) is 0 Å². The summed E-state index contributed by atoms with van der Waals surface area (Å²) in [4.78, 5) is 27.8. The van der Waals surface area contributed by atoms with Crippen LogP contribution in [0.3, 0.4) is 0 Å². The van der Waals surface area contributed by atoms with Gasteiger partial charge in [0.2, 0.25) is 11.8 Å². The molecule has 0 heterocycles. The number of rotatable bonds is 11. The summed E-state index contributed by atoms with van der Waals surface area (Å²) in [6.07, 6.45) is 0.837. The maximum Gasteiger partial charge on any atom is 0.242 e. The van der Waals surface area contributed by atoms with Crippen molar-refractivity contribution < 1.29 is 19.1 Å². The second-order valence-corrected chi connectivity index (χ2v) is 9.07. The van der Waals surface area contributed by atoms with Gasteiger partial charge >= 0.3 is 0 Å². The zero-order valence-electron chi connectivity index (χ0n) is 20.8. The molecule has 1 unspecified atom stereocenters. The van der Waals surface area contributed by atoms with Crippen molar-refractivity contribution in [2.24, 2.45) is 0 Å². The maximum atomic E-state index is 13.3. The van der Waals surface area contributed by atoms with E-state index in [1.165, 1.54) is 0 Å². The molecule has 33 heavy (non-hydrogen) atoms. The summed E-state index contributed by atoms with van der Waals surface area (Å²) < 4.78 is 11.3. The van der Waals surface area contributed by atoms with Gasteiger partial charge in [0.15, 0.2) is 11.5 Å². The number of carbonyl (C=O) groups excluding carboxylic acids is 2. The zero-order chi connectivity index (χ0) is 24.4. The lowest BCUT2D eigenvalue weighted by atomic mass is 10.1. The molecule has 0 bridgehead atoms. The Morgan fingerprint density at radius 2 is 1.58 bits per heavy atom. The van der Waals surface area contributed by atoms with Crippen molar-refractivity contribution in [1.82, 2.24) is 10.2 Å². The number of nitrogens with zero attached hydrogens (tertiary/aromatic N) is 1. The van der Waals surface area contributed by atoms with Gasteiger partial charge in [0.25, 0.3) is 0 Å². The summed E-state index contributed by atoms with van der Waals surface area (Å²) in [6, 6.07) is 14.9. The Kier molecular flexibility index (Phi) is 9.76. The van der Waals surface area contributed by atoms with Gasteiger partial charge in [-0.3, -0.25) is 9.59 Å². The summed E-state index contributed by atoms with van der Waals surface area (Å²) in [5.74, 6) is 1.16. The first kappa shape index (κ1) is 26.2. The van der Waals surface area contributed by atoms with Gasteiger partial charge in [0.05, 0.1) is 13.2 Å². The molecule has 0 aliphatic carbocycles. The monoisotopic (exact) mass is 454 g/mol. The molecule has 180 valence electrons. The van der Waals surface area contributed by atoms with E-state index < -0.39 is 6.04 Å². The highest BCUT2D eigenvalue weighted by atomic mass is 16.5. The van der Waals surface area contributed by atoms with Gasteiger partial charge in [-0.25, -0.2) is 0 Å². The van der Waals surface area contributed by atoms with Gasteiger partial charge in [-0.1, -0.05) is 36.4 Å². The summed E-state index contributed by atoms with van der Waals surface area (Å²) in [5.41, 5.74) is 1.60. The molecule has 6 nitrogen and oxygen atoms in total. The van der Waals surface area contributed by atoms with E-state index in [4.69, 9.17) is 9.47 Å². The lowest BCUT2D eigenvalue weighted by Gasteiger charge is -2.31. The standard InChI is InChI=1S/C27H38N2O4/c1-7-32-23-16-14-21(18-24(23)33-8-2)15-17-25(30)29(19-22-12-10-9-11-13-22)20(3)26(31)28-27(4,5)6/h9-14,16,18,20H,7-8,15,17,19H2,1-6H3,(H,28,31). The fourth-order valence-electron chi connectivity index (χ4n) is 3.48. The van der Waals surface area contributed by atoms with E-state index in [1.54, 1.807) is 11.8 Å². The van der Waals surface area contributed by atoms with Gasteiger partial charge in [-0.15, -0.1) is 0 Å². The molecular formula is C27H38N2O4. The first-order valence-corrected chi connectivity index (χ1v) is 11.7. The third-order valence-electron chi connectivity index (χ3n) is 5.10. The van der Waals surface area contributed by atoms with Gasteiger partial charge in [-0.05, 0) is 71.2 Å². The van der Waals surface area contributed by atoms with E-state index in [0.29, 0.717) is 44.1 Å². The molecule has 0 aliphatic rings. The highest BCUT2D eigenvalue weighted by Crippen LogP contribution is 2.29. The Morgan fingerprint density at radius 1 is 0.939 bits per heavy atom. The normalized spacial score (nSPS) is 12.1. The van der Waals surface area contributed by atoms with Crippen LogP contribution in [-0.2, 0) is 22.6 Å². The van der Waals surface area contributed by atoms with Gasteiger partial charge in [0, 0.05) is 18.5 Å². The molecule has 1 atom stereocenters. The van der Waals surface area contributed by atoms with E-state index in [-0.39, 0.29) is 17.4 Å². The SMILES string of the molecule is CCOc1ccc(CCC(=O)N(Cc2ccccc2)C(C)C(=O)NC(C)(C)C)cc1OCC. The molecule has 0 aromatic heterocycles. The van der Waals surface area contributed by atoms with Crippen molar-refractivity contribution in [2.75, 3.05) is 13.2 Å². The molecule has 0 saturated carbocycles. The van der Waals surface area contributed by atoms with Crippen molar-refractivity contribution >= 4 is 11.8 Å². The molecule has 2 amide bonds. The second kappa shape index (κ2) is 12.3. The third kappa shape index (κ3) is 8.44. The highest BCUT2D eigenvalue weighted by molar-refractivity contribution is 5.87. The average Bonchev–Trinajstić information content (AvgIpc) is 2.76. The van der Waals surface area contributed by atoms with Crippen molar-refractivity contribution in [3.63, 3.8) is 0 Å². The molecule has 2 rings (SSSR count). The van der Waals surface area contributed by atoms with Gasteiger partial charge in [0.1, 0.15) is 6.04 Å². The largest absolute Gasteiger partial charge is 0.490 e. The van der Waals surface area contributed by atoms with E-state index in [0.717, 1.165) is 11.1 Å². The summed E-state index contributed by atoms with van der Waals surface area (Å²) in [7, 11) is 0. The van der Waals surface area contributed by atoms with Crippen LogP contribution in [0.4, 0.5) is 0 Å². The number of hydrogen-bond acceptors (Lipinski definition) is 4. The van der Waals surface area contributed by atoms with Crippen LogP contribution in [0.15, 0.2) is 48.5 Å². The number of ether oxygens (including phenoxy) is 2. The van der Waals surface area contributed by atoms with Crippen molar-refractivity contribution in [2.45, 2.75) is 72.5 Å². The van der Waals surface area contributed by atoms with E-state index in [1.807, 2.05) is 83.1 Å². The number of hydrogen-bond donors (Lipinski definition) is 1. The fraction of sp³-hybridized carbons (Fsp3) is 0.481. The Hall–Kier alpha value is -3.02. The minimum Gasteiger partial charge on any atom is -0.490 e. The van der Waals surface area contributed by atoms with Gasteiger partial charge < -0.3 is 19.7 Å². The minimum absolute atomic E-state index is 0.0674. The summed E-state index contributed by atoms with van der Waals surface area (Å²) in [6.45, 7) is 12.9. The zero-order valence-corrected chi connectivity index (χ0v) is 20.8. The van der Waals surface area contributed by atoms with Gasteiger partial charge in [-0.2, -0.15) is 0 Å². The number of carbonyl (C=O) groups is 2. The predicted octanol–water partition coefficient (Wildman–Crippen LogP) is 4.75. The first-order chi connectivity index (χ1) is 15.6. The Balaban J connectivity index is 2.17. The van der Waals surface area contributed by atoms with Crippen molar-refractivity contribution in [1.29, 1.82) is 0 Å². The smallest absolute Gasteiger partial charge is 0.242 e. The summed E-state index contributed by atoms with van der Waals surface area (Å²) in [5, 5.41) is 2.99. The van der Waals surface area contributed by atoms with Crippen molar-refractivity contribution in [3.05, 3.63) is 59.7 Å². The molecule has 0 radical (unpaired) electrons. The Labute approximate surface area is 198 Å². The third-order valence-corrected chi connectivity index (χ3v) is 5.10. The lowest BCUT2D eigenvalue weighted by molar-refractivity contribution is -0.141. The molecule has 0 fully saturated rings. The average molecular weight is 455 g/mol. The number of aryl methyl sites for hydroxylation is 1. The fourth-order valence-corrected chi connectivity index (χ4v) is 3.48. The lowest BCUT2D eigenvalue weighted by Crippen LogP contribution is -2.52. The van der Waals surface area contributed by atoms with Crippen molar-refractivity contribution in [3.8, 4) is 11.5 Å².